The summed E-state index contributed by atoms with van der Waals surface area (Å²) in [4.78, 5) is 0. The Morgan fingerprint density at radius 3 is 2.44 bits per heavy atom. The van der Waals surface area contributed by atoms with Gasteiger partial charge >= 0.3 is 0 Å². The SMILES string of the molecule is Cc1cc(-n2ccc(CCl)n2)cc(C)c1Br. The summed E-state index contributed by atoms with van der Waals surface area (Å²) < 4.78 is 3.01. The van der Waals surface area contributed by atoms with Crippen molar-refractivity contribution in [1.29, 1.82) is 0 Å². The van der Waals surface area contributed by atoms with Gasteiger partial charge in [-0.15, -0.1) is 11.6 Å². The largest absolute Gasteiger partial charge is 0.241 e. The maximum atomic E-state index is 5.73. The van der Waals surface area contributed by atoms with E-state index in [2.05, 4.69) is 47.0 Å². The van der Waals surface area contributed by atoms with Crippen LogP contribution in [0.15, 0.2) is 28.9 Å². The molecule has 0 N–H and O–H groups in total. The molecule has 0 bridgehead atoms. The van der Waals surface area contributed by atoms with E-state index in [1.165, 1.54) is 11.1 Å². The van der Waals surface area contributed by atoms with E-state index in [9.17, 15) is 0 Å². The smallest absolute Gasteiger partial charge is 0.0776 e. The highest BCUT2D eigenvalue weighted by Gasteiger charge is 2.05. The first-order valence-corrected chi connectivity index (χ1v) is 6.32. The van der Waals surface area contributed by atoms with Crippen molar-refractivity contribution in [3.8, 4) is 5.69 Å². The van der Waals surface area contributed by atoms with Gasteiger partial charge in [-0.25, -0.2) is 4.68 Å². The Morgan fingerprint density at radius 1 is 1.31 bits per heavy atom. The molecule has 0 fully saturated rings. The lowest BCUT2D eigenvalue weighted by Crippen LogP contribution is -1.97. The number of aromatic nitrogens is 2. The molecule has 0 aliphatic heterocycles. The molecule has 1 aromatic heterocycles. The predicted molar refractivity (Wildman–Crippen MR) is 70.3 cm³/mol. The second-order valence-corrected chi connectivity index (χ2v) is 4.84. The third-order valence-electron chi connectivity index (χ3n) is 2.47. The molecule has 4 heteroatoms. The van der Waals surface area contributed by atoms with Crippen molar-refractivity contribution in [2.24, 2.45) is 0 Å². The first kappa shape index (κ1) is 11.7. The quantitative estimate of drug-likeness (QED) is 0.767. The molecule has 2 rings (SSSR count). The lowest BCUT2D eigenvalue weighted by atomic mass is 10.1. The average Bonchev–Trinajstić information content (AvgIpc) is 2.73. The van der Waals surface area contributed by atoms with E-state index < -0.39 is 0 Å². The summed E-state index contributed by atoms with van der Waals surface area (Å²) in [5.41, 5.74) is 4.37. The maximum Gasteiger partial charge on any atom is 0.0776 e. The maximum absolute atomic E-state index is 5.73. The molecule has 0 saturated heterocycles. The molecule has 1 heterocycles. The van der Waals surface area contributed by atoms with Crippen LogP contribution in [-0.2, 0) is 5.88 Å². The van der Waals surface area contributed by atoms with Crippen LogP contribution in [0.25, 0.3) is 5.69 Å². The number of aryl methyl sites for hydroxylation is 2. The molecule has 0 saturated carbocycles. The van der Waals surface area contributed by atoms with Crippen LogP contribution in [0, 0.1) is 13.8 Å². The molecule has 2 aromatic rings. The monoisotopic (exact) mass is 298 g/mol. The zero-order valence-corrected chi connectivity index (χ0v) is 11.5. The third kappa shape index (κ3) is 2.15. The number of nitrogens with zero attached hydrogens (tertiary/aromatic N) is 2. The van der Waals surface area contributed by atoms with Gasteiger partial charge in [-0.3, -0.25) is 0 Å². The molecule has 0 spiro atoms. The van der Waals surface area contributed by atoms with E-state index in [0.29, 0.717) is 5.88 Å². The normalized spacial score (nSPS) is 10.8. The topological polar surface area (TPSA) is 17.8 Å². The number of benzene rings is 1. The molecule has 0 amide bonds. The number of hydrogen-bond acceptors (Lipinski definition) is 1. The standard InChI is InChI=1S/C12H12BrClN2/c1-8-5-11(6-9(2)12(8)13)16-4-3-10(7-14)15-16/h3-6H,7H2,1-2H3. The number of rotatable bonds is 2. The van der Waals surface area contributed by atoms with Crippen molar-refractivity contribution < 1.29 is 0 Å². The van der Waals surface area contributed by atoms with Crippen LogP contribution in [0.2, 0.25) is 0 Å². The minimum atomic E-state index is 0.446. The molecular weight excluding hydrogens is 288 g/mol. The number of alkyl halides is 1. The minimum absolute atomic E-state index is 0.446. The third-order valence-corrected chi connectivity index (χ3v) is 3.99. The van der Waals surface area contributed by atoms with Crippen molar-refractivity contribution in [3.63, 3.8) is 0 Å². The van der Waals surface area contributed by atoms with Gasteiger partial charge in [0.25, 0.3) is 0 Å². The van der Waals surface area contributed by atoms with Crippen molar-refractivity contribution in [3.05, 3.63) is 45.7 Å². The van der Waals surface area contributed by atoms with E-state index in [4.69, 9.17) is 11.6 Å². The molecule has 2 nitrogen and oxygen atoms in total. The van der Waals surface area contributed by atoms with Crippen molar-refractivity contribution >= 4 is 27.5 Å². The molecule has 0 atom stereocenters. The van der Waals surface area contributed by atoms with E-state index >= 15 is 0 Å². The zero-order valence-electron chi connectivity index (χ0n) is 9.17. The number of hydrogen-bond donors (Lipinski definition) is 0. The summed E-state index contributed by atoms with van der Waals surface area (Å²) in [6.45, 7) is 4.15. The van der Waals surface area contributed by atoms with Gasteiger partial charge in [0.05, 0.1) is 17.3 Å². The van der Waals surface area contributed by atoms with Crippen molar-refractivity contribution in [1.82, 2.24) is 9.78 Å². The molecule has 1 aromatic carbocycles. The van der Waals surface area contributed by atoms with Gasteiger partial charge in [-0.2, -0.15) is 5.10 Å². The summed E-state index contributed by atoms with van der Waals surface area (Å²) >= 11 is 9.29. The molecule has 0 aliphatic rings. The van der Waals surface area contributed by atoms with Crippen LogP contribution in [0.5, 0.6) is 0 Å². The Morgan fingerprint density at radius 2 is 1.94 bits per heavy atom. The van der Waals surface area contributed by atoms with Gasteiger partial charge in [0.2, 0.25) is 0 Å². The molecule has 0 unspecified atom stereocenters. The summed E-state index contributed by atoms with van der Waals surface area (Å²) in [5, 5.41) is 4.38. The molecule has 84 valence electrons. The number of halogens is 2. The molecule has 0 aliphatic carbocycles. The second-order valence-electron chi connectivity index (χ2n) is 3.78. The highest BCUT2D eigenvalue weighted by molar-refractivity contribution is 9.10. The van der Waals surface area contributed by atoms with Gasteiger partial charge in [0, 0.05) is 10.7 Å². The zero-order chi connectivity index (χ0) is 11.7. The van der Waals surface area contributed by atoms with Crippen molar-refractivity contribution in [2.45, 2.75) is 19.7 Å². The van der Waals surface area contributed by atoms with Crippen LogP contribution in [-0.4, -0.2) is 9.78 Å². The van der Waals surface area contributed by atoms with Crippen LogP contribution in [0.4, 0.5) is 0 Å². The fraction of sp³-hybridized carbons (Fsp3) is 0.250. The van der Waals surface area contributed by atoms with Gasteiger partial charge in [-0.05, 0) is 43.2 Å². The average molecular weight is 300 g/mol. The van der Waals surface area contributed by atoms with Crippen LogP contribution in [0.3, 0.4) is 0 Å². The highest BCUT2D eigenvalue weighted by atomic mass is 79.9. The van der Waals surface area contributed by atoms with E-state index in [-0.39, 0.29) is 0 Å². The van der Waals surface area contributed by atoms with Crippen molar-refractivity contribution in [2.75, 3.05) is 0 Å². The van der Waals surface area contributed by atoms with Gasteiger partial charge in [-0.1, -0.05) is 15.9 Å². The highest BCUT2D eigenvalue weighted by Crippen LogP contribution is 2.24. The van der Waals surface area contributed by atoms with Crippen LogP contribution in [0.1, 0.15) is 16.8 Å². The summed E-state index contributed by atoms with van der Waals surface area (Å²) in [6, 6.07) is 6.13. The minimum Gasteiger partial charge on any atom is -0.241 e. The fourth-order valence-corrected chi connectivity index (χ4v) is 2.00. The Bertz CT molecular complexity index is 496. The Balaban J connectivity index is 2.48. The Hall–Kier alpha value is -0.800. The first-order chi connectivity index (χ1) is 7.61. The van der Waals surface area contributed by atoms with Crippen LogP contribution >= 0.6 is 27.5 Å². The lowest BCUT2D eigenvalue weighted by molar-refractivity contribution is 0.855. The van der Waals surface area contributed by atoms with Crippen LogP contribution < -0.4 is 0 Å². The van der Waals surface area contributed by atoms with E-state index in [1.807, 2.05) is 16.9 Å². The summed E-state index contributed by atoms with van der Waals surface area (Å²) in [5.74, 6) is 0.446. The molecule has 0 radical (unpaired) electrons. The second kappa shape index (κ2) is 4.60. The summed E-state index contributed by atoms with van der Waals surface area (Å²) in [6.07, 6.45) is 1.93. The summed E-state index contributed by atoms with van der Waals surface area (Å²) in [7, 11) is 0. The van der Waals surface area contributed by atoms with Gasteiger partial charge in [0.1, 0.15) is 0 Å². The Labute approximate surface area is 108 Å². The molecule has 16 heavy (non-hydrogen) atoms. The van der Waals surface area contributed by atoms with E-state index in [1.54, 1.807) is 0 Å². The van der Waals surface area contributed by atoms with E-state index in [0.717, 1.165) is 15.9 Å². The lowest BCUT2D eigenvalue weighted by Gasteiger charge is -2.07. The predicted octanol–water partition coefficient (Wildman–Crippen LogP) is 3.99. The first-order valence-electron chi connectivity index (χ1n) is 4.99. The van der Waals surface area contributed by atoms with Gasteiger partial charge in [0.15, 0.2) is 0 Å². The fourth-order valence-electron chi connectivity index (χ4n) is 1.63. The molecular formula is C12H12BrClN2. The van der Waals surface area contributed by atoms with Gasteiger partial charge < -0.3 is 0 Å². The Kier molecular flexibility index (Phi) is 3.36.